The first kappa shape index (κ1) is 14.5. The number of ether oxygens (including phenoxy) is 1. The number of nitrogens with zero attached hydrogens (tertiary/aromatic N) is 3. The van der Waals surface area contributed by atoms with E-state index in [9.17, 15) is 13.2 Å². The smallest absolute Gasteiger partial charge is 0.406 e. The van der Waals surface area contributed by atoms with E-state index in [4.69, 9.17) is 11.6 Å². The van der Waals surface area contributed by atoms with E-state index in [0.717, 1.165) is 0 Å². The summed E-state index contributed by atoms with van der Waals surface area (Å²) in [6.07, 6.45) is 0.320. The highest BCUT2D eigenvalue weighted by atomic mass is 35.5. The minimum absolute atomic E-state index is 0.273. The highest BCUT2D eigenvalue weighted by molar-refractivity contribution is 6.29. The minimum atomic E-state index is -4.70. The van der Waals surface area contributed by atoms with Gasteiger partial charge in [0.05, 0.1) is 6.20 Å². The van der Waals surface area contributed by atoms with Gasteiger partial charge in [0.2, 0.25) is 0 Å². The van der Waals surface area contributed by atoms with Gasteiger partial charge in [0.1, 0.15) is 17.2 Å². The van der Waals surface area contributed by atoms with Crippen LogP contribution in [0.25, 0.3) is 11.5 Å². The van der Waals surface area contributed by atoms with E-state index in [-0.39, 0.29) is 5.75 Å². The summed E-state index contributed by atoms with van der Waals surface area (Å²) in [6, 6.07) is 9.00. The first-order valence-corrected chi connectivity index (χ1v) is 6.53. The zero-order valence-electron chi connectivity index (χ0n) is 11.0. The average Bonchev–Trinajstić information content (AvgIpc) is 3.06. The van der Waals surface area contributed by atoms with Crippen LogP contribution in [0, 0.1) is 0 Å². The molecular formula is C14H9ClF3N3O. The van der Waals surface area contributed by atoms with E-state index in [1.54, 1.807) is 40.0 Å². The van der Waals surface area contributed by atoms with E-state index in [1.165, 1.54) is 24.3 Å². The van der Waals surface area contributed by atoms with Crippen molar-refractivity contribution < 1.29 is 17.9 Å². The second-order valence-electron chi connectivity index (χ2n) is 4.38. The molecule has 0 aliphatic heterocycles. The summed E-state index contributed by atoms with van der Waals surface area (Å²) in [5, 5.41) is 0.513. The molecule has 22 heavy (non-hydrogen) atoms. The molecule has 1 aromatic carbocycles. The van der Waals surface area contributed by atoms with E-state index < -0.39 is 6.36 Å². The molecule has 0 atom stereocenters. The molecule has 2 aromatic heterocycles. The Bertz CT molecular complexity index is 777. The topological polar surface area (TPSA) is 32.0 Å². The zero-order valence-corrected chi connectivity index (χ0v) is 11.7. The van der Waals surface area contributed by atoms with Gasteiger partial charge in [0.15, 0.2) is 5.82 Å². The number of benzene rings is 1. The van der Waals surface area contributed by atoms with Gasteiger partial charge in [-0.05, 0) is 36.4 Å². The lowest BCUT2D eigenvalue weighted by molar-refractivity contribution is -0.274. The van der Waals surface area contributed by atoms with E-state index in [2.05, 4.69) is 9.72 Å². The normalized spacial score (nSPS) is 11.6. The summed E-state index contributed by atoms with van der Waals surface area (Å²) in [6.45, 7) is 0. The lowest BCUT2D eigenvalue weighted by Crippen LogP contribution is -2.17. The Kier molecular flexibility index (Phi) is 3.58. The third kappa shape index (κ3) is 3.09. The van der Waals surface area contributed by atoms with Crippen molar-refractivity contribution in [1.29, 1.82) is 0 Å². The fourth-order valence-corrected chi connectivity index (χ4v) is 2.16. The molecule has 2 heterocycles. The number of halogens is 4. The fourth-order valence-electron chi connectivity index (χ4n) is 1.94. The predicted octanol–water partition coefficient (Wildman–Crippen LogP) is 4.22. The van der Waals surface area contributed by atoms with Gasteiger partial charge in [-0.1, -0.05) is 11.6 Å². The monoisotopic (exact) mass is 327 g/mol. The van der Waals surface area contributed by atoms with Crippen molar-refractivity contribution in [2.75, 3.05) is 0 Å². The molecule has 8 heteroatoms. The van der Waals surface area contributed by atoms with Crippen molar-refractivity contribution in [3.05, 3.63) is 60.3 Å². The molecule has 0 unspecified atom stereocenters. The van der Waals surface area contributed by atoms with Crippen molar-refractivity contribution in [2.45, 2.75) is 6.36 Å². The summed E-state index contributed by atoms with van der Waals surface area (Å²) in [4.78, 5) is 4.21. The highest BCUT2D eigenvalue weighted by Gasteiger charge is 2.30. The number of hydrogen-bond acceptors (Lipinski definition) is 2. The van der Waals surface area contributed by atoms with Crippen LogP contribution >= 0.6 is 11.6 Å². The van der Waals surface area contributed by atoms with Crippen LogP contribution in [0.4, 0.5) is 13.2 Å². The third-order valence-electron chi connectivity index (χ3n) is 2.88. The lowest BCUT2D eigenvalue weighted by Gasteiger charge is -2.09. The Morgan fingerprint density at radius 3 is 2.41 bits per heavy atom. The maximum atomic E-state index is 12.1. The van der Waals surface area contributed by atoms with Crippen LogP contribution in [-0.2, 0) is 0 Å². The largest absolute Gasteiger partial charge is 0.573 e. The average molecular weight is 328 g/mol. The molecule has 0 saturated heterocycles. The molecule has 4 nitrogen and oxygen atoms in total. The van der Waals surface area contributed by atoms with Gasteiger partial charge in [-0.2, -0.15) is 0 Å². The van der Waals surface area contributed by atoms with E-state index in [1.807, 2.05) is 0 Å². The molecule has 0 spiro atoms. The first-order valence-electron chi connectivity index (χ1n) is 6.16. The number of imidazole rings is 1. The zero-order chi connectivity index (χ0) is 15.7. The molecule has 0 N–H and O–H groups in total. The van der Waals surface area contributed by atoms with Crippen LogP contribution in [0.3, 0.4) is 0 Å². The summed E-state index contributed by atoms with van der Waals surface area (Å²) in [7, 11) is 0. The highest BCUT2D eigenvalue weighted by Crippen LogP contribution is 2.24. The van der Waals surface area contributed by atoms with Gasteiger partial charge >= 0.3 is 6.36 Å². The Morgan fingerprint density at radius 2 is 1.82 bits per heavy atom. The van der Waals surface area contributed by atoms with Gasteiger partial charge in [0, 0.05) is 11.9 Å². The molecule has 3 rings (SSSR count). The van der Waals surface area contributed by atoms with Gasteiger partial charge in [-0.15, -0.1) is 13.2 Å². The predicted molar refractivity (Wildman–Crippen MR) is 74.6 cm³/mol. The third-order valence-corrected chi connectivity index (χ3v) is 3.19. The quantitative estimate of drug-likeness (QED) is 0.721. The van der Waals surface area contributed by atoms with Gasteiger partial charge in [-0.25, -0.2) is 4.98 Å². The van der Waals surface area contributed by atoms with Crippen molar-refractivity contribution in [2.24, 2.45) is 0 Å². The summed E-state index contributed by atoms with van der Waals surface area (Å²) in [5.74, 6) is 0.329. The Balaban J connectivity index is 1.83. The maximum Gasteiger partial charge on any atom is 0.573 e. The van der Waals surface area contributed by atoms with E-state index in [0.29, 0.717) is 16.7 Å². The Hall–Kier alpha value is -2.41. The fraction of sp³-hybridized carbons (Fsp3) is 0.0714. The molecule has 0 saturated carbocycles. The number of alkyl halides is 3. The van der Waals surface area contributed by atoms with Crippen LogP contribution in [-0.4, -0.2) is 20.5 Å². The second kappa shape index (κ2) is 5.42. The van der Waals surface area contributed by atoms with Crippen LogP contribution < -0.4 is 4.74 Å². The van der Waals surface area contributed by atoms with Crippen molar-refractivity contribution in [3.63, 3.8) is 0 Å². The summed E-state index contributed by atoms with van der Waals surface area (Å²) in [5.41, 5.74) is 0.650. The van der Waals surface area contributed by atoms with Gasteiger partial charge in [0.25, 0.3) is 0 Å². The number of hydrogen-bond donors (Lipinski definition) is 0. The standard InChI is InChI=1S/C14H9ClF3N3O/c15-12-2-1-7-21(12)13-8-20(9-19-13)10-3-5-11(6-4-10)22-14(16,17)18/h1-9H. The SMILES string of the molecule is FC(F)(F)Oc1ccc(-n2cnc(-n3cccc3Cl)c2)cc1. The van der Waals surface area contributed by atoms with Crippen molar-refractivity contribution >= 4 is 11.6 Å². The molecule has 0 bridgehead atoms. The van der Waals surface area contributed by atoms with Crippen LogP contribution in [0.1, 0.15) is 0 Å². The number of aromatic nitrogens is 3. The van der Waals surface area contributed by atoms with Crippen LogP contribution in [0.2, 0.25) is 5.15 Å². The Morgan fingerprint density at radius 1 is 1.09 bits per heavy atom. The maximum absolute atomic E-state index is 12.1. The molecule has 0 aliphatic carbocycles. The number of rotatable bonds is 3. The molecule has 0 amide bonds. The second-order valence-corrected chi connectivity index (χ2v) is 4.77. The van der Waals surface area contributed by atoms with Gasteiger partial charge in [-0.3, -0.25) is 4.57 Å². The van der Waals surface area contributed by atoms with Crippen LogP contribution in [0.15, 0.2) is 55.1 Å². The van der Waals surface area contributed by atoms with Crippen molar-refractivity contribution in [1.82, 2.24) is 14.1 Å². The lowest BCUT2D eigenvalue weighted by atomic mass is 10.3. The minimum Gasteiger partial charge on any atom is -0.406 e. The molecular weight excluding hydrogens is 319 g/mol. The van der Waals surface area contributed by atoms with Gasteiger partial charge < -0.3 is 9.30 Å². The molecule has 0 radical (unpaired) electrons. The summed E-state index contributed by atoms with van der Waals surface area (Å²) >= 11 is 6.00. The van der Waals surface area contributed by atoms with E-state index >= 15 is 0 Å². The molecule has 0 aliphatic rings. The first-order chi connectivity index (χ1) is 10.4. The van der Waals surface area contributed by atoms with Crippen LogP contribution in [0.5, 0.6) is 5.75 Å². The molecule has 3 aromatic rings. The van der Waals surface area contributed by atoms with Crippen molar-refractivity contribution in [3.8, 4) is 17.3 Å². The molecule has 0 fully saturated rings. The Labute approximate surface area is 128 Å². The summed E-state index contributed by atoms with van der Waals surface area (Å²) < 4.78 is 43.5. The molecule has 114 valence electrons.